The number of hydrogen-bond donors (Lipinski definition) is 1. The topological polar surface area (TPSA) is 70.1 Å². The van der Waals surface area contributed by atoms with Gasteiger partial charge in [0.05, 0.1) is 18.1 Å². The highest BCUT2D eigenvalue weighted by molar-refractivity contribution is 7.84. The Bertz CT molecular complexity index is 627. The number of hydrogen-bond acceptors (Lipinski definition) is 4. The fourth-order valence-electron chi connectivity index (χ4n) is 1.87. The summed E-state index contributed by atoms with van der Waals surface area (Å²) in [5.74, 6) is 1.05. The summed E-state index contributed by atoms with van der Waals surface area (Å²) in [5.41, 5.74) is 6.97. The van der Waals surface area contributed by atoms with Crippen LogP contribution in [0.1, 0.15) is 6.92 Å². The van der Waals surface area contributed by atoms with Gasteiger partial charge in [-0.1, -0.05) is 6.92 Å². The maximum atomic E-state index is 13.6. The standard InChI is InChI=1S/C12H16FN3O2S/c1-3-19(17)5-4-16-10-7-11(18-2)8(13)6-9(10)15-12(16)14/h6-7H,3-5H2,1-2H3,(H2,14,15). The molecule has 1 heterocycles. The van der Waals surface area contributed by atoms with Crippen LogP contribution in [0.2, 0.25) is 0 Å². The zero-order chi connectivity index (χ0) is 14.0. The summed E-state index contributed by atoms with van der Waals surface area (Å²) >= 11 is 0. The predicted molar refractivity (Wildman–Crippen MR) is 74.2 cm³/mol. The Kier molecular flexibility index (Phi) is 4.04. The molecule has 0 saturated carbocycles. The Hall–Kier alpha value is -1.63. The van der Waals surface area contributed by atoms with Gasteiger partial charge in [0.1, 0.15) is 0 Å². The van der Waals surface area contributed by atoms with Gasteiger partial charge in [-0.2, -0.15) is 0 Å². The lowest BCUT2D eigenvalue weighted by Gasteiger charge is -2.07. The Labute approximate surface area is 113 Å². The predicted octanol–water partition coefficient (Wildman–Crippen LogP) is 1.53. The SMILES string of the molecule is CCS(=O)CCn1c(N)nc2cc(F)c(OC)cc21. The number of ether oxygens (including phenoxy) is 1. The van der Waals surface area contributed by atoms with Gasteiger partial charge in [-0.25, -0.2) is 9.37 Å². The third-order valence-corrected chi connectivity index (χ3v) is 4.20. The number of halogens is 1. The highest BCUT2D eigenvalue weighted by atomic mass is 32.2. The average molecular weight is 285 g/mol. The van der Waals surface area contributed by atoms with Crippen LogP contribution in [0, 0.1) is 5.82 Å². The third kappa shape index (κ3) is 2.70. The van der Waals surface area contributed by atoms with Gasteiger partial charge in [0.25, 0.3) is 0 Å². The van der Waals surface area contributed by atoms with E-state index in [1.807, 2.05) is 6.92 Å². The van der Waals surface area contributed by atoms with Gasteiger partial charge in [0.2, 0.25) is 5.95 Å². The minimum Gasteiger partial charge on any atom is -0.494 e. The third-order valence-electron chi connectivity index (χ3n) is 2.92. The van der Waals surface area contributed by atoms with Crippen molar-refractivity contribution in [3.8, 4) is 5.75 Å². The largest absolute Gasteiger partial charge is 0.494 e. The Morgan fingerprint density at radius 1 is 1.53 bits per heavy atom. The molecule has 7 heteroatoms. The summed E-state index contributed by atoms with van der Waals surface area (Å²) in [6, 6.07) is 2.85. The quantitative estimate of drug-likeness (QED) is 0.904. The lowest BCUT2D eigenvalue weighted by molar-refractivity contribution is 0.387. The molecule has 2 N–H and O–H groups in total. The first-order valence-electron chi connectivity index (χ1n) is 5.91. The smallest absolute Gasteiger partial charge is 0.201 e. The lowest BCUT2D eigenvalue weighted by Crippen LogP contribution is -2.11. The molecular weight excluding hydrogens is 269 g/mol. The van der Waals surface area contributed by atoms with Crippen molar-refractivity contribution in [2.75, 3.05) is 24.3 Å². The summed E-state index contributed by atoms with van der Waals surface area (Å²) in [6.45, 7) is 2.35. The van der Waals surface area contributed by atoms with Gasteiger partial charge >= 0.3 is 0 Å². The molecule has 0 amide bonds. The first-order valence-corrected chi connectivity index (χ1v) is 7.39. The van der Waals surface area contributed by atoms with E-state index in [9.17, 15) is 8.60 Å². The molecule has 19 heavy (non-hydrogen) atoms. The second kappa shape index (κ2) is 5.56. The second-order valence-corrected chi connectivity index (χ2v) is 5.89. The molecule has 1 aromatic carbocycles. The summed E-state index contributed by atoms with van der Waals surface area (Å²) in [4.78, 5) is 4.10. The van der Waals surface area contributed by atoms with Crippen molar-refractivity contribution in [3.63, 3.8) is 0 Å². The van der Waals surface area contributed by atoms with Crippen LogP contribution in [0.3, 0.4) is 0 Å². The molecule has 0 aliphatic heterocycles. The number of rotatable bonds is 5. The molecule has 0 saturated heterocycles. The van der Waals surface area contributed by atoms with Crippen molar-refractivity contribution < 1.29 is 13.3 Å². The number of nitrogen functional groups attached to an aromatic ring is 1. The maximum Gasteiger partial charge on any atom is 0.201 e. The van der Waals surface area contributed by atoms with Crippen molar-refractivity contribution >= 4 is 27.8 Å². The van der Waals surface area contributed by atoms with Gasteiger partial charge in [-0.05, 0) is 0 Å². The van der Waals surface area contributed by atoms with E-state index >= 15 is 0 Å². The zero-order valence-corrected chi connectivity index (χ0v) is 11.7. The van der Waals surface area contributed by atoms with Crippen LogP contribution in [-0.4, -0.2) is 32.4 Å². The molecule has 0 bridgehead atoms. The molecule has 0 aliphatic carbocycles. The summed E-state index contributed by atoms with van der Waals surface area (Å²) in [7, 11) is 0.519. The van der Waals surface area contributed by atoms with Crippen molar-refractivity contribution in [1.29, 1.82) is 0 Å². The van der Waals surface area contributed by atoms with Crippen molar-refractivity contribution in [1.82, 2.24) is 9.55 Å². The van der Waals surface area contributed by atoms with E-state index in [0.717, 1.165) is 0 Å². The normalized spacial score (nSPS) is 12.8. The van der Waals surface area contributed by atoms with Crippen LogP contribution in [0.5, 0.6) is 5.75 Å². The summed E-state index contributed by atoms with van der Waals surface area (Å²) in [6.07, 6.45) is 0. The molecule has 1 aromatic heterocycles. The Balaban J connectivity index is 2.42. The number of anilines is 1. The van der Waals surface area contributed by atoms with Crippen molar-refractivity contribution in [2.45, 2.75) is 13.5 Å². The van der Waals surface area contributed by atoms with E-state index in [2.05, 4.69) is 4.98 Å². The molecule has 0 fully saturated rings. The number of nitrogens with two attached hydrogens (primary N) is 1. The van der Waals surface area contributed by atoms with E-state index in [-0.39, 0.29) is 11.7 Å². The van der Waals surface area contributed by atoms with Crippen molar-refractivity contribution in [3.05, 3.63) is 17.9 Å². The molecule has 1 unspecified atom stereocenters. The highest BCUT2D eigenvalue weighted by Crippen LogP contribution is 2.26. The van der Waals surface area contributed by atoms with E-state index < -0.39 is 16.6 Å². The molecule has 104 valence electrons. The molecular formula is C12H16FN3O2S. The molecule has 0 spiro atoms. The number of benzene rings is 1. The van der Waals surface area contributed by atoms with Crippen LogP contribution in [0.15, 0.2) is 12.1 Å². The summed E-state index contributed by atoms with van der Waals surface area (Å²) in [5, 5.41) is 0. The molecule has 2 aromatic rings. The minimum atomic E-state index is -0.884. The van der Waals surface area contributed by atoms with Crippen LogP contribution in [-0.2, 0) is 17.3 Å². The van der Waals surface area contributed by atoms with Gasteiger partial charge in [0.15, 0.2) is 11.6 Å². The van der Waals surface area contributed by atoms with Crippen molar-refractivity contribution in [2.24, 2.45) is 0 Å². The van der Waals surface area contributed by atoms with E-state index in [4.69, 9.17) is 10.5 Å². The van der Waals surface area contributed by atoms with Crippen LogP contribution in [0.25, 0.3) is 11.0 Å². The lowest BCUT2D eigenvalue weighted by atomic mass is 10.3. The number of imidazole rings is 1. The molecule has 5 nitrogen and oxygen atoms in total. The number of aromatic nitrogens is 2. The minimum absolute atomic E-state index is 0.144. The van der Waals surface area contributed by atoms with E-state index in [1.165, 1.54) is 13.2 Å². The number of aryl methyl sites for hydroxylation is 1. The van der Waals surface area contributed by atoms with Gasteiger partial charge in [-0.3, -0.25) is 4.21 Å². The molecule has 0 radical (unpaired) electrons. The fraction of sp³-hybridized carbons (Fsp3) is 0.417. The van der Waals surface area contributed by atoms with Crippen LogP contribution in [0.4, 0.5) is 10.3 Å². The average Bonchev–Trinajstić information content (AvgIpc) is 2.69. The Morgan fingerprint density at radius 3 is 2.89 bits per heavy atom. The molecule has 2 rings (SSSR count). The highest BCUT2D eigenvalue weighted by Gasteiger charge is 2.13. The van der Waals surface area contributed by atoms with E-state index in [1.54, 1.807) is 10.6 Å². The van der Waals surface area contributed by atoms with E-state index in [0.29, 0.717) is 29.1 Å². The number of methoxy groups -OCH3 is 1. The van der Waals surface area contributed by atoms with Crippen LogP contribution >= 0.6 is 0 Å². The number of fused-ring (bicyclic) bond motifs is 1. The van der Waals surface area contributed by atoms with Crippen LogP contribution < -0.4 is 10.5 Å². The fourth-order valence-corrected chi connectivity index (χ4v) is 2.55. The molecule has 1 atom stereocenters. The summed E-state index contributed by atoms with van der Waals surface area (Å²) < 4.78 is 31.7. The first-order chi connectivity index (χ1) is 9.06. The zero-order valence-electron chi connectivity index (χ0n) is 10.9. The van der Waals surface area contributed by atoms with Gasteiger partial charge in [0, 0.05) is 41.0 Å². The number of nitrogens with zero attached hydrogens (tertiary/aromatic N) is 2. The molecule has 0 aliphatic rings. The van der Waals surface area contributed by atoms with Gasteiger partial charge in [-0.15, -0.1) is 0 Å². The first kappa shape index (κ1) is 13.8. The maximum absolute atomic E-state index is 13.6. The monoisotopic (exact) mass is 285 g/mol. The second-order valence-electron chi connectivity index (χ2n) is 4.03. The Morgan fingerprint density at radius 2 is 2.26 bits per heavy atom. The van der Waals surface area contributed by atoms with Gasteiger partial charge < -0.3 is 15.0 Å².